The van der Waals surface area contributed by atoms with Gasteiger partial charge in [-0.15, -0.1) is 0 Å². The van der Waals surface area contributed by atoms with Crippen molar-refractivity contribution in [2.24, 2.45) is 11.8 Å². The molecule has 0 rings (SSSR count). The maximum atomic E-state index is 11.4. The van der Waals surface area contributed by atoms with E-state index < -0.39 is 0 Å². The van der Waals surface area contributed by atoms with Crippen molar-refractivity contribution in [1.82, 2.24) is 10.6 Å². The highest BCUT2D eigenvalue weighted by Gasteiger charge is 2.09. The molecule has 0 saturated carbocycles. The summed E-state index contributed by atoms with van der Waals surface area (Å²) in [4.78, 5) is 11.4. The fourth-order valence-electron chi connectivity index (χ4n) is 0.984. The predicted octanol–water partition coefficient (Wildman–Crippen LogP) is 1.78. The molecule has 0 spiro atoms. The molecule has 2 unspecified atom stereocenters. The van der Waals surface area contributed by atoms with E-state index in [1.54, 1.807) is 0 Å². The van der Waals surface area contributed by atoms with Crippen molar-refractivity contribution in [2.75, 3.05) is 13.1 Å². The highest BCUT2D eigenvalue weighted by atomic mass is 16.1. The molecule has 2 atom stereocenters. The molecule has 0 fully saturated rings. The molecule has 2 N–H and O–H groups in total. The van der Waals surface area contributed by atoms with Gasteiger partial charge in [-0.2, -0.15) is 0 Å². The van der Waals surface area contributed by atoms with Gasteiger partial charge in [0.15, 0.2) is 0 Å². The largest absolute Gasteiger partial charge is 0.355 e. The Morgan fingerprint density at radius 3 is 2.27 bits per heavy atom. The van der Waals surface area contributed by atoms with Crippen LogP contribution in [0, 0.1) is 11.8 Å². The monoisotopic (exact) mass is 214 g/mol. The quantitative estimate of drug-likeness (QED) is 0.678. The van der Waals surface area contributed by atoms with Crippen LogP contribution >= 0.6 is 0 Å². The zero-order valence-electron chi connectivity index (χ0n) is 10.8. The van der Waals surface area contributed by atoms with Crippen LogP contribution in [0.3, 0.4) is 0 Å². The fourth-order valence-corrected chi connectivity index (χ4v) is 0.984. The van der Waals surface area contributed by atoms with Crippen LogP contribution in [0.25, 0.3) is 0 Å². The Labute approximate surface area is 94.0 Å². The van der Waals surface area contributed by atoms with E-state index in [1.807, 2.05) is 0 Å². The summed E-state index contributed by atoms with van der Waals surface area (Å²) in [6, 6.07) is 0.415. The summed E-state index contributed by atoms with van der Waals surface area (Å²) in [6.07, 6.45) is 1.05. The molecule has 1 amide bonds. The second-order valence-corrected chi connectivity index (χ2v) is 4.72. The van der Waals surface area contributed by atoms with Crippen LogP contribution in [0.2, 0.25) is 0 Å². The van der Waals surface area contributed by atoms with Crippen molar-refractivity contribution < 1.29 is 4.79 Å². The van der Waals surface area contributed by atoms with Crippen LogP contribution in [-0.4, -0.2) is 25.0 Å². The third kappa shape index (κ3) is 7.37. The van der Waals surface area contributed by atoms with Crippen molar-refractivity contribution >= 4 is 5.91 Å². The first-order valence-corrected chi connectivity index (χ1v) is 5.97. The van der Waals surface area contributed by atoms with Gasteiger partial charge in [0.05, 0.1) is 6.54 Å². The number of carbonyl (C=O) groups excluding carboxylic acids is 1. The van der Waals surface area contributed by atoms with Crippen molar-refractivity contribution in [3.8, 4) is 0 Å². The van der Waals surface area contributed by atoms with E-state index in [9.17, 15) is 4.79 Å². The van der Waals surface area contributed by atoms with Gasteiger partial charge in [-0.3, -0.25) is 4.79 Å². The molecule has 3 heteroatoms. The average Bonchev–Trinajstić information content (AvgIpc) is 2.21. The first-order valence-electron chi connectivity index (χ1n) is 5.97. The lowest BCUT2D eigenvalue weighted by molar-refractivity contribution is -0.120. The minimum absolute atomic E-state index is 0.0998. The Morgan fingerprint density at radius 1 is 1.20 bits per heavy atom. The summed E-state index contributed by atoms with van der Waals surface area (Å²) in [5, 5.41) is 6.11. The molecule has 0 bridgehead atoms. The summed E-state index contributed by atoms with van der Waals surface area (Å²) in [5.41, 5.74) is 0. The van der Waals surface area contributed by atoms with E-state index in [2.05, 4.69) is 45.3 Å². The molecule has 0 aliphatic carbocycles. The Balaban J connectivity index is 3.58. The molecular weight excluding hydrogens is 188 g/mol. The molecule has 0 aliphatic rings. The van der Waals surface area contributed by atoms with Crippen LogP contribution in [0.1, 0.15) is 41.0 Å². The Hall–Kier alpha value is -0.570. The highest BCUT2D eigenvalue weighted by molar-refractivity contribution is 5.77. The molecule has 90 valence electrons. The zero-order chi connectivity index (χ0) is 11.8. The minimum atomic E-state index is 0.0998. The first kappa shape index (κ1) is 14.4. The van der Waals surface area contributed by atoms with Crippen LogP contribution < -0.4 is 10.6 Å². The highest BCUT2D eigenvalue weighted by Crippen LogP contribution is 2.07. The van der Waals surface area contributed by atoms with E-state index >= 15 is 0 Å². The molecular formula is C12H26N2O. The van der Waals surface area contributed by atoms with Crippen LogP contribution in [0.4, 0.5) is 0 Å². The van der Waals surface area contributed by atoms with E-state index in [4.69, 9.17) is 0 Å². The fraction of sp³-hybridized carbons (Fsp3) is 0.917. The number of amides is 1. The third-order valence-corrected chi connectivity index (χ3v) is 2.98. The van der Waals surface area contributed by atoms with Gasteiger partial charge >= 0.3 is 0 Å². The normalized spacial score (nSPS) is 15.1. The van der Waals surface area contributed by atoms with E-state index in [0.717, 1.165) is 13.0 Å². The lowest BCUT2D eigenvalue weighted by Gasteiger charge is -2.17. The Morgan fingerprint density at radius 2 is 1.80 bits per heavy atom. The Kier molecular flexibility index (Phi) is 7.39. The smallest absolute Gasteiger partial charge is 0.233 e. The van der Waals surface area contributed by atoms with E-state index in [-0.39, 0.29) is 5.91 Å². The second-order valence-electron chi connectivity index (χ2n) is 4.72. The van der Waals surface area contributed by atoms with Gasteiger partial charge in [0.2, 0.25) is 5.91 Å². The van der Waals surface area contributed by atoms with E-state index in [0.29, 0.717) is 24.4 Å². The van der Waals surface area contributed by atoms with E-state index in [1.165, 1.54) is 0 Å². The molecule has 0 aromatic heterocycles. The summed E-state index contributed by atoms with van der Waals surface area (Å²) in [5.74, 6) is 1.26. The zero-order valence-corrected chi connectivity index (χ0v) is 10.8. The number of nitrogens with one attached hydrogen (secondary N) is 2. The first-order chi connectivity index (χ1) is 6.97. The van der Waals surface area contributed by atoms with Gasteiger partial charge in [-0.1, -0.05) is 27.7 Å². The van der Waals surface area contributed by atoms with Gasteiger partial charge in [0.25, 0.3) is 0 Å². The molecule has 0 saturated heterocycles. The lowest BCUT2D eigenvalue weighted by atomic mass is 9.98. The third-order valence-electron chi connectivity index (χ3n) is 2.98. The van der Waals surface area contributed by atoms with Gasteiger partial charge in [0.1, 0.15) is 0 Å². The summed E-state index contributed by atoms with van der Waals surface area (Å²) < 4.78 is 0. The number of carbonyl (C=O) groups is 1. The lowest BCUT2D eigenvalue weighted by Crippen LogP contribution is -2.39. The van der Waals surface area contributed by atoms with Gasteiger partial charge < -0.3 is 10.6 Å². The maximum Gasteiger partial charge on any atom is 0.233 e. The minimum Gasteiger partial charge on any atom is -0.355 e. The molecule has 0 aromatic carbocycles. The summed E-state index contributed by atoms with van der Waals surface area (Å²) in [7, 11) is 0. The van der Waals surface area contributed by atoms with Crippen molar-refractivity contribution in [1.29, 1.82) is 0 Å². The average molecular weight is 214 g/mol. The topological polar surface area (TPSA) is 41.1 Å². The molecule has 0 radical (unpaired) electrons. The summed E-state index contributed by atoms with van der Waals surface area (Å²) >= 11 is 0. The van der Waals surface area contributed by atoms with Gasteiger partial charge in [0, 0.05) is 12.6 Å². The summed E-state index contributed by atoms with van der Waals surface area (Å²) in [6.45, 7) is 11.9. The predicted molar refractivity (Wildman–Crippen MR) is 64.8 cm³/mol. The van der Waals surface area contributed by atoms with Crippen LogP contribution in [-0.2, 0) is 4.79 Å². The standard InChI is InChI=1S/C12H26N2O/c1-6-11(5)13-8-12(15)14-7-10(4)9(2)3/h9-11,13H,6-8H2,1-5H3,(H,14,15). The van der Waals surface area contributed by atoms with Gasteiger partial charge in [-0.05, 0) is 25.2 Å². The Bertz CT molecular complexity index is 180. The van der Waals surface area contributed by atoms with Crippen LogP contribution in [0.15, 0.2) is 0 Å². The number of hydrogen-bond acceptors (Lipinski definition) is 2. The van der Waals surface area contributed by atoms with Crippen molar-refractivity contribution in [3.05, 3.63) is 0 Å². The molecule has 0 aromatic rings. The molecule has 0 aliphatic heterocycles. The second kappa shape index (κ2) is 7.69. The number of rotatable bonds is 7. The van der Waals surface area contributed by atoms with Crippen LogP contribution in [0.5, 0.6) is 0 Å². The number of hydrogen-bond donors (Lipinski definition) is 2. The molecule has 0 heterocycles. The molecule has 3 nitrogen and oxygen atoms in total. The van der Waals surface area contributed by atoms with Crippen molar-refractivity contribution in [3.63, 3.8) is 0 Å². The maximum absolute atomic E-state index is 11.4. The molecule has 15 heavy (non-hydrogen) atoms. The SMILES string of the molecule is CCC(C)NCC(=O)NCC(C)C(C)C. The van der Waals surface area contributed by atoms with Crippen molar-refractivity contribution in [2.45, 2.75) is 47.1 Å². The van der Waals surface area contributed by atoms with Gasteiger partial charge in [-0.25, -0.2) is 0 Å².